The van der Waals surface area contributed by atoms with Crippen LogP contribution in [0.3, 0.4) is 0 Å². The van der Waals surface area contributed by atoms with Crippen molar-refractivity contribution in [2.24, 2.45) is 0 Å². The number of nitro benzene ring substituents is 1. The van der Waals surface area contributed by atoms with Crippen LogP contribution in [0.1, 0.15) is 31.4 Å². The van der Waals surface area contributed by atoms with Crippen LogP contribution in [0.25, 0.3) is 0 Å². The summed E-state index contributed by atoms with van der Waals surface area (Å²) < 4.78 is 0. The van der Waals surface area contributed by atoms with Crippen LogP contribution in [-0.2, 0) is 0 Å². The first kappa shape index (κ1) is 12.6. The molecule has 0 aliphatic rings. The molecule has 0 aromatic heterocycles. The minimum atomic E-state index is -0.782. The number of hydrogen-bond donors (Lipinski definition) is 2. The summed E-state index contributed by atoms with van der Waals surface area (Å²) in [6.07, 6.45) is -0.515. The Morgan fingerprint density at radius 2 is 1.88 bits per heavy atom. The molecule has 2 N–H and O–H groups in total. The Labute approximate surface area is 93.5 Å². The third-order valence-corrected chi connectivity index (χ3v) is 2.46. The van der Waals surface area contributed by atoms with Crippen LogP contribution in [0.4, 0.5) is 5.69 Å². The molecule has 5 nitrogen and oxygen atoms in total. The van der Waals surface area contributed by atoms with Crippen molar-refractivity contribution in [2.75, 3.05) is 0 Å². The van der Waals surface area contributed by atoms with E-state index < -0.39 is 17.1 Å². The molecule has 0 saturated carbocycles. The van der Waals surface area contributed by atoms with E-state index in [1.165, 1.54) is 24.3 Å². The van der Waals surface area contributed by atoms with E-state index in [-0.39, 0.29) is 12.1 Å². The molecule has 1 rings (SSSR count). The first-order chi connectivity index (χ1) is 7.54. The van der Waals surface area contributed by atoms with Gasteiger partial charge in [0.25, 0.3) is 5.69 Å². The average molecular weight is 225 g/mol. The molecule has 0 amide bonds. The van der Waals surface area contributed by atoms with Crippen LogP contribution in [0.15, 0.2) is 24.3 Å². The fourth-order valence-electron chi connectivity index (χ4n) is 1.38. The van der Waals surface area contributed by atoms with Gasteiger partial charge in [-0.3, -0.25) is 10.1 Å². The third kappa shape index (κ3) is 3.29. The van der Waals surface area contributed by atoms with Gasteiger partial charge in [0.05, 0.1) is 17.1 Å². The molecule has 0 aliphatic heterocycles. The molecule has 1 aromatic rings. The van der Waals surface area contributed by atoms with Gasteiger partial charge in [-0.25, -0.2) is 0 Å². The molecule has 2 atom stereocenters. The second kappa shape index (κ2) is 5.58. The average Bonchev–Trinajstić information content (AvgIpc) is 2.28. The lowest BCUT2D eigenvalue weighted by atomic mass is 10.0. The minimum absolute atomic E-state index is 0.00742. The Bertz CT molecular complexity index is 350. The zero-order valence-corrected chi connectivity index (χ0v) is 9.04. The summed E-state index contributed by atoms with van der Waals surface area (Å²) in [7, 11) is 0. The second-order valence-corrected chi connectivity index (χ2v) is 3.66. The fraction of sp³-hybridized carbons (Fsp3) is 0.455. The first-order valence-electron chi connectivity index (χ1n) is 5.15. The van der Waals surface area contributed by atoms with Crippen LogP contribution in [-0.4, -0.2) is 21.2 Å². The van der Waals surface area contributed by atoms with E-state index in [1.807, 2.05) is 6.92 Å². The van der Waals surface area contributed by atoms with Gasteiger partial charge in [-0.2, -0.15) is 0 Å². The highest BCUT2D eigenvalue weighted by Gasteiger charge is 2.13. The summed E-state index contributed by atoms with van der Waals surface area (Å²) in [4.78, 5) is 9.92. The summed E-state index contributed by atoms with van der Waals surface area (Å²) >= 11 is 0. The van der Waals surface area contributed by atoms with Crippen molar-refractivity contribution in [2.45, 2.75) is 32.0 Å². The van der Waals surface area contributed by atoms with E-state index in [0.717, 1.165) is 0 Å². The van der Waals surface area contributed by atoms with E-state index in [2.05, 4.69) is 0 Å². The molecule has 5 heteroatoms. The SMILES string of the molecule is CC[C@@H](O)C[C@@H](O)c1ccc([N+](=O)[O-])cc1. The molecule has 0 bridgehead atoms. The molecule has 0 saturated heterocycles. The zero-order valence-electron chi connectivity index (χ0n) is 9.04. The highest BCUT2D eigenvalue weighted by Crippen LogP contribution is 2.21. The van der Waals surface area contributed by atoms with Crippen molar-refractivity contribution in [3.05, 3.63) is 39.9 Å². The number of hydrogen-bond acceptors (Lipinski definition) is 4. The number of nitro groups is 1. The molecule has 0 fully saturated rings. The van der Waals surface area contributed by atoms with Crippen molar-refractivity contribution in [1.29, 1.82) is 0 Å². The molecule has 0 spiro atoms. The number of non-ortho nitro benzene ring substituents is 1. The van der Waals surface area contributed by atoms with Crippen LogP contribution < -0.4 is 0 Å². The van der Waals surface area contributed by atoms with Crippen LogP contribution >= 0.6 is 0 Å². The van der Waals surface area contributed by atoms with E-state index in [1.54, 1.807) is 0 Å². The summed E-state index contributed by atoms with van der Waals surface area (Å²) in [5.41, 5.74) is 0.574. The largest absolute Gasteiger partial charge is 0.393 e. The molecular weight excluding hydrogens is 210 g/mol. The van der Waals surface area contributed by atoms with Gasteiger partial charge in [-0.1, -0.05) is 6.92 Å². The van der Waals surface area contributed by atoms with Crippen molar-refractivity contribution >= 4 is 5.69 Å². The van der Waals surface area contributed by atoms with Crippen LogP contribution in [0, 0.1) is 10.1 Å². The van der Waals surface area contributed by atoms with Crippen molar-refractivity contribution in [3.8, 4) is 0 Å². The molecule has 1 aromatic carbocycles. The second-order valence-electron chi connectivity index (χ2n) is 3.66. The minimum Gasteiger partial charge on any atom is -0.393 e. The summed E-state index contributed by atoms with van der Waals surface area (Å²) in [5, 5.41) is 29.5. The van der Waals surface area contributed by atoms with Crippen molar-refractivity contribution in [1.82, 2.24) is 0 Å². The van der Waals surface area contributed by atoms with E-state index >= 15 is 0 Å². The molecule has 0 aliphatic carbocycles. The number of rotatable bonds is 5. The molecule has 0 heterocycles. The highest BCUT2D eigenvalue weighted by atomic mass is 16.6. The number of aliphatic hydroxyl groups is 2. The quantitative estimate of drug-likeness (QED) is 0.591. The zero-order chi connectivity index (χ0) is 12.1. The van der Waals surface area contributed by atoms with Gasteiger partial charge in [0.15, 0.2) is 0 Å². The monoisotopic (exact) mass is 225 g/mol. The maximum Gasteiger partial charge on any atom is 0.269 e. The van der Waals surface area contributed by atoms with Gasteiger partial charge in [-0.05, 0) is 24.1 Å². The summed E-state index contributed by atoms with van der Waals surface area (Å²) in [6.45, 7) is 1.83. The maximum absolute atomic E-state index is 10.4. The van der Waals surface area contributed by atoms with Crippen molar-refractivity contribution in [3.63, 3.8) is 0 Å². The third-order valence-electron chi connectivity index (χ3n) is 2.46. The highest BCUT2D eigenvalue weighted by molar-refractivity contribution is 5.33. The van der Waals surface area contributed by atoms with Gasteiger partial charge in [0, 0.05) is 18.6 Å². The van der Waals surface area contributed by atoms with Gasteiger partial charge in [-0.15, -0.1) is 0 Å². The number of benzene rings is 1. The van der Waals surface area contributed by atoms with Gasteiger partial charge in [0.2, 0.25) is 0 Å². The normalized spacial score (nSPS) is 14.4. The number of aliphatic hydroxyl groups excluding tert-OH is 2. The molecular formula is C11H15NO4. The van der Waals surface area contributed by atoms with Gasteiger partial charge >= 0.3 is 0 Å². The van der Waals surface area contributed by atoms with Crippen LogP contribution in [0.5, 0.6) is 0 Å². The Balaban J connectivity index is 2.70. The lowest BCUT2D eigenvalue weighted by Gasteiger charge is -2.14. The number of nitrogens with zero attached hydrogens (tertiary/aromatic N) is 1. The van der Waals surface area contributed by atoms with Gasteiger partial charge < -0.3 is 10.2 Å². The smallest absolute Gasteiger partial charge is 0.269 e. The Hall–Kier alpha value is -1.46. The predicted octanol–water partition coefficient (Wildman–Crippen LogP) is 1.79. The lowest BCUT2D eigenvalue weighted by molar-refractivity contribution is -0.384. The van der Waals surface area contributed by atoms with E-state index in [4.69, 9.17) is 0 Å². The summed E-state index contributed by atoms with van der Waals surface area (Å²) in [5.74, 6) is 0. The fourth-order valence-corrected chi connectivity index (χ4v) is 1.38. The Morgan fingerprint density at radius 1 is 1.31 bits per heavy atom. The molecule has 0 radical (unpaired) electrons. The molecule has 0 unspecified atom stereocenters. The summed E-state index contributed by atoms with van der Waals surface area (Å²) in [6, 6.07) is 5.70. The molecule has 88 valence electrons. The Morgan fingerprint density at radius 3 is 2.31 bits per heavy atom. The topological polar surface area (TPSA) is 83.6 Å². The Kier molecular flexibility index (Phi) is 4.39. The van der Waals surface area contributed by atoms with Crippen molar-refractivity contribution < 1.29 is 15.1 Å². The maximum atomic E-state index is 10.4. The standard InChI is InChI=1S/C11H15NO4/c1-2-10(13)7-11(14)8-3-5-9(6-4-8)12(15)16/h3-6,10-11,13-14H,2,7H2,1H3/t10-,11-/m1/s1. The first-order valence-corrected chi connectivity index (χ1v) is 5.15. The predicted molar refractivity (Wildman–Crippen MR) is 59.0 cm³/mol. The van der Waals surface area contributed by atoms with Crippen LogP contribution in [0.2, 0.25) is 0 Å². The van der Waals surface area contributed by atoms with E-state index in [0.29, 0.717) is 12.0 Å². The van der Waals surface area contributed by atoms with Gasteiger partial charge in [0.1, 0.15) is 0 Å². The lowest BCUT2D eigenvalue weighted by Crippen LogP contribution is -2.10. The van der Waals surface area contributed by atoms with E-state index in [9.17, 15) is 20.3 Å². The molecule has 16 heavy (non-hydrogen) atoms.